The highest BCUT2D eigenvalue weighted by Gasteiger charge is 2.10. The Kier molecular flexibility index (Phi) is 3.08. The predicted molar refractivity (Wildman–Crippen MR) is 50.8 cm³/mol. The summed E-state index contributed by atoms with van der Waals surface area (Å²) in [6, 6.07) is 6.05. The van der Waals surface area contributed by atoms with Crippen molar-refractivity contribution in [2.45, 2.75) is 6.92 Å². The van der Waals surface area contributed by atoms with Gasteiger partial charge in [0.2, 0.25) is 0 Å². The second-order valence-electron chi connectivity index (χ2n) is 2.70. The van der Waals surface area contributed by atoms with Gasteiger partial charge in [-0.25, -0.2) is 0 Å². The maximum Gasteiger partial charge on any atom is 0.255 e. The molecule has 1 aromatic rings. The molecule has 4 heteroatoms. The van der Waals surface area contributed by atoms with Gasteiger partial charge in [-0.1, -0.05) is 0 Å². The number of nitrogens with zero attached hydrogens (tertiary/aromatic N) is 1. The van der Waals surface area contributed by atoms with Crippen LogP contribution in [-0.4, -0.2) is 17.6 Å². The number of phenolic OH excluding ortho intramolecular Hbond substituents is 1. The molecule has 14 heavy (non-hydrogen) atoms. The lowest BCUT2D eigenvalue weighted by Gasteiger charge is -2.04. The number of carbonyl (C=O) groups excluding carboxylic acids is 1. The van der Waals surface area contributed by atoms with Gasteiger partial charge in [-0.2, -0.15) is 5.26 Å². The largest absolute Gasteiger partial charge is 0.507 e. The van der Waals surface area contributed by atoms with Gasteiger partial charge < -0.3 is 10.4 Å². The molecule has 0 radical (unpaired) electrons. The maximum atomic E-state index is 11.4. The smallest absolute Gasteiger partial charge is 0.255 e. The summed E-state index contributed by atoms with van der Waals surface area (Å²) < 4.78 is 0. The third-order valence-corrected chi connectivity index (χ3v) is 1.71. The van der Waals surface area contributed by atoms with Crippen molar-refractivity contribution in [2.75, 3.05) is 6.54 Å². The van der Waals surface area contributed by atoms with E-state index < -0.39 is 0 Å². The lowest BCUT2D eigenvalue weighted by atomic mass is 10.1. The number of nitriles is 1. The fraction of sp³-hybridized carbons (Fsp3) is 0.200. The van der Waals surface area contributed by atoms with Crippen molar-refractivity contribution >= 4 is 5.91 Å². The van der Waals surface area contributed by atoms with E-state index in [-0.39, 0.29) is 17.2 Å². The molecular weight excluding hydrogens is 180 g/mol. The molecule has 0 saturated heterocycles. The minimum absolute atomic E-state index is 0.116. The minimum atomic E-state index is -0.373. The zero-order valence-corrected chi connectivity index (χ0v) is 7.74. The molecule has 0 atom stereocenters. The molecule has 0 saturated carbocycles. The summed E-state index contributed by atoms with van der Waals surface area (Å²) >= 11 is 0. The van der Waals surface area contributed by atoms with Crippen LogP contribution in [0.3, 0.4) is 0 Å². The Morgan fingerprint density at radius 3 is 2.93 bits per heavy atom. The third kappa shape index (κ3) is 2.02. The minimum Gasteiger partial charge on any atom is -0.507 e. The normalized spacial score (nSPS) is 9.14. The summed E-state index contributed by atoms with van der Waals surface area (Å²) in [7, 11) is 0. The summed E-state index contributed by atoms with van der Waals surface area (Å²) in [4.78, 5) is 11.4. The van der Waals surface area contributed by atoms with Crippen molar-refractivity contribution < 1.29 is 9.90 Å². The molecule has 4 nitrogen and oxygen atoms in total. The summed E-state index contributed by atoms with van der Waals surface area (Å²) in [5.74, 6) is -0.489. The van der Waals surface area contributed by atoms with Crippen LogP contribution in [0.4, 0.5) is 0 Å². The number of aromatic hydroxyl groups is 1. The van der Waals surface area contributed by atoms with Crippen LogP contribution < -0.4 is 5.32 Å². The van der Waals surface area contributed by atoms with Gasteiger partial charge in [-0.05, 0) is 25.1 Å². The summed E-state index contributed by atoms with van der Waals surface area (Å²) in [5.41, 5.74) is 0.481. The number of amides is 1. The first-order valence-corrected chi connectivity index (χ1v) is 4.20. The Morgan fingerprint density at radius 2 is 2.36 bits per heavy atom. The van der Waals surface area contributed by atoms with E-state index in [1.807, 2.05) is 6.07 Å². The molecule has 72 valence electrons. The van der Waals surface area contributed by atoms with Gasteiger partial charge in [0.05, 0.1) is 17.2 Å². The van der Waals surface area contributed by atoms with Crippen LogP contribution in [0.1, 0.15) is 22.8 Å². The first-order valence-electron chi connectivity index (χ1n) is 4.20. The molecule has 0 aliphatic carbocycles. The van der Waals surface area contributed by atoms with Crippen molar-refractivity contribution in [3.05, 3.63) is 29.3 Å². The van der Waals surface area contributed by atoms with E-state index in [0.717, 1.165) is 0 Å². The predicted octanol–water partition coefficient (Wildman–Crippen LogP) is 1.01. The summed E-state index contributed by atoms with van der Waals surface area (Å²) in [6.45, 7) is 2.26. The van der Waals surface area contributed by atoms with E-state index in [2.05, 4.69) is 5.32 Å². The van der Waals surface area contributed by atoms with Gasteiger partial charge in [0, 0.05) is 6.54 Å². The lowest BCUT2D eigenvalue weighted by molar-refractivity contribution is 0.0953. The number of nitrogens with one attached hydrogen (secondary N) is 1. The second-order valence-corrected chi connectivity index (χ2v) is 2.70. The van der Waals surface area contributed by atoms with Crippen LogP contribution >= 0.6 is 0 Å². The molecule has 0 fully saturated rings. The maximum absolute atomic E-state index is 11.4. The fourth-order valence-corrected chi connectivity index (χ4v) is 1.04. The Hall–Kier alpha value is -2.02. The van der Waals surface area contributed by atoms with Crippen LogP contribution in [0.25, 0.3) is 0 Å². The molecule has 0 spiro atoms. The Morgan fingerprint density at radius 1 is 1.64 bits per heavy atom. The Labute approximate surface area is 81.8 Å². The molecular formula is C10H10N2O2. The molecule has 0 bridgehead atoms. The van der Waals surface area contributed by atoms with E-state index in [9.17, 15) is 9.90 Å². The number of hydrogen-bond acceptors (Lipinski definition) is 3. The zero-order chi connectivity index (χ0) is 10.6. The number of hydrogen-bond donors (Lipinski definition) is 2. The monoisotopic (exact) mass is 190 g/mol. The van der Waals surface area contributed by atoms with Crippen molar-refractivity contribution in [2.24, 2.45) is 0 Å². The molecule has 0 aromatic heterocycles. The zero-order valence-electron chi connectivity index (χ0n) is 7.74. The molecule has 1 aromatic carbocycles. The second kappa shape index (κ2) is 4.28. The standard InChI is InChI=1S/C10H10N2O2/c1-2-12-10(14)8-5-7(6-11)3-4-9(8)13/h3-5,13H,2H2,1H3,(H,12,14). The van der Waals surface area contributed by atoms with Crippen molar-refractivity contribution in [3.63, 3.8) is 0 Å². The molecule has 0 unspecified atom stereocenters. The average Bonchev–Trinajstić information content (AvgIpc) is 2.19. The van der Waals surface area contributed by atoms with E-state index in [1.54, 1.807) is 6.92 Å². The highest BCUT2D eigenvalue weighted by molar-refractivity contribution is 5.97. The van der Waals surface area contributed by atoms with Gasteiger partial charge in [0.1, 0.15) is 5.75 Å². The highest BCUT2D eigenvalue weighted by Crippen LogP contribution is 2.17. The molecule has 1 amide bonds. The van der Waals surface area contributed by atoms with E-state index in [1.165, 1.54) is 18.2 Å². The summed E-state index contributed by atoms with van der Waals surface area (Å²) in [6.07, 6.45) is 0. The van der Waals surface area contributed by atoms with Crippen molar-refractivity contribution in [1.82, 2.24) is 5.32 Å². The van der Waals surface area contributed by atoms with E-state index in [4.69, 9.17) is 5.26 Å². The average molecular weight is 190 g/mol. The first kappa shape index (κ1) is 10.1. The Bertz CT molecular complexity index is 394. The van der Waals surface area contributed by atoms with Gasteiger partial charge in [0.25, 0.3) is 5.91 Å². The molecule has 2 N–H and O–H groups in total. The van der Waals surface area contributed by atoms with Crippen LogP contribution in [-0.2, 0) is 0 Å². The number of carbonyl (C=O) groups is 1. The van der Waals surface area contributed by atoms with Gasteiger partial charge >= 0.3 is 0 Å². The quantitative estimate of drug-likeness (QED) is 0.731. The van der Waals surface area contributed by atoms with Crippen LogP contribution in [0.15, 0.2) is 18.2 Å². The van der Waals surface area contributed by atoms with E-state index >= 15 is 0 Å². The van der Waals surface area contributed by atoms with Gasteiger partial charge in [-0.15, -0.1) is 0 Å². The number of phenols is 1. The lowest BCUT2D eigenvalue weighted by Crippen LogP contribution is -2.22. The van der Waals surface area contributed by atoms with Crippen molar-refractivity contribution in [3.8, 4) is 11.8 Å². The molecule has 0 heterocycles. The first-order chi connectivity index (χ1) is 6.69. The van der Waals surface area contributed by atoms with Gasteiger partial charge in [0.15, 0.2) is 0 Å². The van der Waals surface area contributed by atoms with Gasteiger partial charge in [-0.3, -0.25) is 4.79 Å². The van der Waals surface area contributed by atoms with Crippen LogP contribution in [0, 0.1) is 11.3 Å². The summed E-state index contributed by atoms with van der Waals surface area (Å²) in [5, 5.41) is 20.5. The molecule has 1 rings (SSSR count). The van der Waals surface area contributed by atoms with E-state index in [0.29, 0.717) is 12.1 Å². The topological polar surface area (TPSA) is 73.1 Å². The number of rotatable bonds is 2. The fourth-order valence-electron chi connectivity index (χ4n) is 1.04. The highest BCUT2D eigenvalue weighted by atomic mass is 16.3. The molecule has 0 aliphatic rings. The van der Waals surface area contributed by atoms with Crippen LogP contribution in [0.5, 0.6) is 5.75 Å². The van der Waals surface area contributed by atoms with Crippen molar-refractivity contribution in [1.29, 1.82) is 5.26 Å². The Balaban J connectivity index is 3.07. The van der Waals surface area contributed by atoms with Crippen LogP contribution in [0.2, 0.25) is 0 Å². The molecule has 0 aliphatic heterocycles. The third-order valence-electron chi connectivity index (χ3n) is 1.71. The SMILES string of the molecule is CCNC(=O)c1cc(C#N)ccc1O. The number of benzene rings is 1.